The van der Waals surface area contributed by atoms with E-state index in [1.54, 1.807) is 44.4 Å². The summed E-state index contributed by atoms with van der Waals surface area (Å²) in [7, 11) is 1.54. The Morgan fingerprint density at radius 3 is 2.52 bits per heavy atom. The highest BCUT2D eigenvalue weighted by atomic mass is 32.1. The first-order chi connectivity index (χ1) is 13.1. The number of rotatable bonds is 6. The Morgan fingerprint density at radius 2 is 1.81 bits per heavy atom. The highest BCUT2D eigenvalue weighted by Crippen LogP contribution is 2.36. The van der Waals surface area contributed by atoms with Crippen LogP contribution in [0.25, 0.3) is 10.4 Å². The van der Waals surface area contributed by atoms with Gasteiger partial charge in [0.25, 0.3) is 5.91 Å². The molecule has 0 saturated carbocycles. The fourth-order valence-electron chi connectivity index (χ4n) is 2.53. The minimum absolute atomic E-state index is 0.263. The van der Waals surface area contributed by atoms with E-state index in [0.29, 0.717) is 21.9 Å². The van der Waals surface area contributed by atoms with Crippen LogP contribution in [-0.2, 0) is 4.74 Å². The van der Waals surface area contributed by atoms with Crippen molar-refractivity contribution in [3.8, 4) is 16.2 Å². The zero-order valence-electron chi connectivity index (χ0n) is 15.0. The lowest BCUT2D eigenvalue weighted by molar-refractivity contribution is 0.0528. The lowest BCUT2D eigenvalue weighted by Crippen LogP contribution is -2.14. The number of esters is 1. The van der Waals surface area contributed by atoms with E-state index in [1.165, 1.54) is 11.3 Å². The van der Waals surface area contributed by atoms with Crippen LogP contribution >= 0.6 is 11.3 Å². The molecule has 0 aliphatic heterocycles. The maximum atomic E-state index is 12.6. The zero-order valence-corrected chi connectivity index (χ0v) is 15.8. The average molecular weight is 381 g/mol. The Hall–Kier alpha value is -3.12. The number of nitrogens with one attached hydrogen (secondary N) is 1. The Kier molecular flexibility index (Phi) is 5.88. The Labute approximate surface area is 161 Å². The van der Waals surface area contributed by atoms with Gasteiger partial charge in [0.2, 0.25) is 0 Å². The summed E-state index contributed by atoms with van der Waals surface area (Å²) in [6.07, 6.45) is 0. The first kappa shape index (κ1) is 18.7. The third kappa shape index (κ3) is 4.35. The lowest BCUT2D eigenvalue weighted by Gasteiger charge is -2.07. The molecule has 1 amide bonds. The summed E-state index contributed by atoms with van der Waals surface area (Å²) in [5, 5.41) is 3.29. The first-order valence-electron chi connectivity index (χ1n) is 8.44. The summed E-state index contributed by atoms with van der Waals surface area (Å²) in [4.78, 5) is 25.9. The molecule has 0 atom stereocenters. The second-order valence-electron chi connectivity index (χ2n) is 5.63. The molecule has 6 heteroatoms. The maximum absolute atomic E-state index is 12.6. The summed E-state index contributed by atoms with van der Waals surface area (Å²) < 4.78 is 10.3. The van der Waals surface area contributed by atoms with Crippen molar-refractivity contribution in [3.63, 3.8) is 0 Å². The van der Waals surface area contributed by atoms with Crippen LogP contribution in [0.5, 0.6) is 5.75 Å². The molecule has 0 radical (unpaired) electrons. The molecule has 27 heavy (non-hydrogen) atoms. The van der Waals surface area contributed by atoms with Crippen LogP contribution in [0.15, 0.2) is 60.7 Å². The van der Waals surface area contributed by atoms with Crippen LogP contribution in [0.4, 0.5) is 5.00 Å². The average Bonchev–Trinajstić information content (AvgIpc) is 3.13. The fraction of sp³-hybridized carbons (Fsp3) is 0.143. The van der Waals surface area contributed by atoms with Gasteiger partial charge in [-0.2, -0.15) is 0 Å². The molecular weight excluding hydrogens is 362 g/mol. The van der Waals surface area contributed by atoms with E-state index >= 15 is 0 Å². The number of carbonyl (C=O) groups excluding carboxylic acids is 2. The molecule has 3 aromatic rings. The SMILES string of the molecule is CCOC(=O)c1cc(-c2ccccc2)sc1NC(=O)c1cccc(OC)c1. The van der Waals surface area contributed by atoms with Gasteiger partial charge in [-0.15, -0.1) is 11.3 Å². The predicted molar refractivity (Wildman–Crippen MR) is 107 cm³/mol. The normalized spacial score (nSPS) is 10.3. The Balaban J connectivity index is 1.93. The number of benzene rings is 2. The molecule has 0 spiro atoms. The molecule has 138 valence electrons. The first-order valence-corrected chi connectivity index (χ1v) is 9.25. The fourth-order valence-corrected chi connectivity index (χ4v) is 3.58. The van der Waals surface area contributed by atoms with E-state index in [1.807, 2.05) is 30.3 Å². The van der Waals surface area contributed by atoms with E-state index in [-0.39, 0.29) is 12.5 Å². The number of carbonyl (C=O) groups is 2. The summed E-state index contributed by atoms with van der Waals surface area (Å²) in [5.41, 5.74) is 1.76. The third-order valence-corrected chi connectivity index (χ3v) is 4.94. The number of ether oxygens (including phenoxy) is 2. The quantitative estimate of drug-likeness (QED) is 0.620. The molecule has 0 fully saturated rings. The van der Waals surface area contributed by atoms with Crippen molar-refractivity contribution in [1.29, 1.82) is 0 Å². The van der Waals surface area contributed by atoms with Crippen molar-refractivity contribution in [2.45, 2.75) is 6.92 Å². The van der Waals surface area contributed by atoms with Gasteiger partial charge in [0, 0.05) is 10.4 Å². The van der Waals surface area contributed by atoms with Crippen molar-refractivity contribution in [2.24, 2.45) is 0 Å². The van der Waals surface area contributed by atoms with Gasteiger partial charge in [-0.05, 0) is 36.8 Å². The van der Waals surface area contributed by atoms with Crippen molar-refractivity contribution >= 4 is 28.2 Å². The number of anilines is 1. The second kappa shape index (κ2) is 8.51. The minimum atomic E-state index is -0.461. The predicted octanol–water partition coefficient (Wildman–Crippen LogP) is 4.85. The molecule has 1 aromatic heterocycles. The molecule has 0 saturated heterocycles. The molecule has 0 bridgehead atoms. The van der Waals surface area contributed by atoms with Crippen LogP contribution in [0, 0.1) is 0 Å². The molecule has 0 aliphatic carbocycles. The number of amides is 1. The van der Waals surface area contributed by atoms with E-state index in [2.05, 4.69) is 5.32 Å². The molecule has 2 aromatic carbocycles. The Bertz CT molecular complexity index is 950. The van der Waals surface area contributed by atoms with E-state index in [0.717, 1.165) is 10.4 Å². The summed E-state index contributed by atoms with van der Waals surface area (Å²) in [6, 6.07) is 18.3. The molecule has 1 N–H and O–H groups in total. The summed E-state index contributed by atoms with van der Waals surface area (Å²) in [6.45, 7) is 2.01. The van der Waals surface area contributed by atoms with Crippen molar-refractivity contribution < 1.29 is 19.1 Å². The van der Waals surface area contributed by atoms with Crippen LogP contribution in [0.3, 0.4) is 0 Å². The van der Waals surface area contributed by atoms with Crippen LogP contribution in [-0.4, -0.2) is 25.6 Å². The van der Waals surface area contributed by atoms with Crippen molar-refractivity contribution in [3.05, 3.63) is 71.8 Å². The van der Waals surface area contributed by atoms with Crippen LogP contribution in [0.1, 0.15) is 27.6 Å². The van der Waals surface area contributed by atoms with Crippen molar-refractivity contribution in [2.75, 3.05) is 19.0 Å². The van der Waals surface area contributed by atoms with Crippen LogP contribution in [0.2, 0.25) is 0 Å². The number of thiophene rings is 1. The van der Waals surface area contributed by atoms with Gasteiger partial charge in [-0.25, -0.2) is 4.79 Å². The minimum Gasteiger partial charge on any atom is -0.497 e. The largest absolute Gasteiger partial charge is 0.497 e. The number of hydrogen-bond acceptors (Lipinski definition) is 5. The van der Waals surface area contributed by atoms with Gasteiger partial charge in [0.1, 0.15) is 10.8 Å². The molecule has 0 unspecified atom stereocenters. The number of hydrogen-bond donors (Lipinski definition) is 1. The smallest absolute Gasteiger partial charge is 0.341 e. The molecule has 3 rings (SSSR count). The standard InChI is InChI=1S/C21H19NO4S/c1-3-26-21(24)17-13-18(14-8-5-4-6-9-14)27-20(17)22-19(23)15-10-7-11-16(12-15)25-2/h4-13H,3H2,1-2H3,(H,22,23). The van der Waals surface area contributed by atoms with E-state index in [4.69, 9.17) is 9.47 Å². The topological polar surface area (TPSA) is 64.6 Å². The molecule has 0 aliphatic rings. The summed E-state index contributed by atoms with van der Waals surface area (Å²) in [5.74, 6) is -0.192. The lowest BCUT2D eigenvalue weighted by atomic mass is 10.1. The summed E-state index contributed by atoms with van der Waals surface area (Å²) >= 11 is 1.34. The van der Waals surface area contributed by atoms with Crippen LogP contribution < -0.4 is 10.1 Å². The van der Waals surface area contributed by atoms with E-state index < -0.39 is 5.97 Å². The third-order valence-electron chi connectivity index (χ3n) is 3.84. The van der Waals surface area contributed by atoms with Gasteiger partial charge >= 0.3 is 5.97 Å². The van der Waals surface area contributed by atoms with Gasteiger partial charge in [0.05, 0.1) is 19.3 Å². The Morgan fingerprint density at radius 1 is 1.04 bits per heavy atom. The maximum Gasteiger partial charge on any atom is 0.341 e. The monoisotopic (exact) mass is 381 g/mol. The zero-order chi connectivity index (χ0) is 19.2. The highest BCUT2D eigenvalue weighted by Gasteiger charge is 2.20. The molecule has 5 nitrogen and oxygen atoms in total. The highest BCUT2D eigenvalue weighted by molar-refractivity contribution is 7.20. The van der Waals surface area contributed by atoms with Gasteiger partial charge < -0.3 is 14.8 Å². The molecule has 1 heterocycles. The van der Waals surface area contributed by atoms with Gasteiger partial charge in [-0.3, -0.25) is 4.79 Å². The van der Waals surface area contributed by atoms with Crippen molar-refractivity contribution in [1.82, 2.24) is 0 Å². The second-order valence-corrected chi connectivity index (χ2v) is 6.68. The van der Waals surface area contributed by atoms with Gasteiger partial charge in [-0.1, -0.05) is 36.4 Å². The molecular formula is C21H19NO4S. The number of methoxy groups -OCH3 is 1. The van der Waals surface area contributed by atoms with Gasteiger partial charge in [0.15, 0.2) is 0 Å². The van der Waals surface area contributed by atoms with E-state index in [9.17, 15) is 9.59 Å².